The van der Waals surface area contributed by atoms with Gasteiger partial charge < -0.3 is 13.5 Å². The fourth-order valence-corrected chi connectivity index (χ4v) is 5.09. The summed E-state index contributed by atoms with van der Waals surface area (Å²) in [6.07, 6.45) is -0.292. The molecule has 0 aromatic heterocycles. The Labute approximate surface area is 194 Å². The van der Waals surface area contributed by atoms with E-state index in [0.29, 0.717) is 5.56 Å². The second kappa shape index (κ2) is 10.0. The van der Waals surface area contributed by atoms with Gasteiger partial charge in [-0.05, 0) is 58.9 Å². The molecule has 0 heterocycles. The lowest BCUT2D eigenvalue weighted by Gasteiger charge is -2.36. The SMILES string of the molecule is COP(=O)(CC(=O)c1cccc(-c2ccc(O[Si](C)(C)C(C)(C)C)cc2C(C)C)c1)OC. The number of benzene rings is 2. The molecule has 0 aliphatic rings. The van der Waals surface area contributed by atoms with Gasteiger partial charge in [0, 0.05) is 19.8 Å². The first-order valence-electron chi connectivity index (χ1n) is 10.9. The molecule has 0 atom stereocenters. The van der Waals surface area contributed by atoms with Crippen LogP contribution < -0.4 is 4.43 Å². The third-order valence-electron chi connectivity index (χ3n) is 6.21. The molecule has 0 fully saturated rings. The molecule has 0 spiro atoms. The molecule has 0 unspecified atom stereocenters. The van der Waals surface area contributed by atoms with Crippen LogP contribution in [0.3, 0.4) is 0 Å². The predicted molar refractivity (Wildman–Crippen MR) is 135 cm³/mol. The van der Waals surface area contributed by atoms with Crippen molar-refractivity contribution in [2.75, 3.05) is 20.4 Å². The van der Waals surface area contributed by atoms with E-state index in [-0.39, 0.29) is 22.9 Å². The van der Waals surface area contributed by atoms with E-state index >= 15 is 0 Å². The van der Waals surface area contributed by atoms with E-state index in [1.54, 1.807) is 6.07 Å². The number of hydrogen-bond acceptors (Lipinski definition) is 5. The highest BCUT2D eigenvalue weighted by Gasteiger charge is 2.39. The van der Waals surface area contributed by atoms with Crippen LogP contribution in [0.1, 0.15) is 56.5 Å². The summed E-state index contributed by atoms with van der Waals surface area (Å²) in [6, 6.07) is 13.6. The van der Waals surface area contributed by atoms with Gasteiger partial charge in [-0.15, -0.1) is 0 Å². The Morgan fingerprint density at radius 3 is 2.19 bits per heavy atom. The Balaban J connectivity index is 2.42. The third kappa shape index (κ3) is 6.19. The summed E-state index contributed by atoms with van der Waals surface area (Å²) in [4.78, 5) is 12.7. The van der Waals surface area contributed by atoms with E-state index in [0.717, 1.165) is 22.4 Å². The van der Waals surface area contributed by atoms with E-state index in [2.05, 4.69) is 59.8 Å². The molecule has 0 radical (unpaired) electrons. The average Bonchev–Trinajstić information content (AvgIpc) is 2.72. The highest BCUT2D eigenvalue weighted by Crippen LogP contribution is 2.46. The van der Waals surface area contributed by atoms with Crippen molar-refractivity contribution >= 4 is 21.7 Å². The highest BCUT2D eigenvalue weighted by atomic mass is 31.2. The summed E-state index contributed by atoms with van der Waals surface area (Å²) < 4.78 is 28.7. The van der Waals surface area contributed by atoms with E-state index in [1.165, 1.54) is 14.2 Å². The molecule has 7 heteroatoms. The maximum Gasteiger partial charge on any atom is 0.337 e. The minimum Gasteiger partial charge on any atom is -0.543 e. The number of hydrogen-bond donors (Lipinski definition) is 0. The van der Waals surface area contributed by atoms with Crippen LogP contribution in [-0.4, -0.2) is 34.5 Å². The summed E-state index contributed by atoms with van der Waals surface area (Å²) >= 11 is 0. The highest BCUT2D eigenvalue weighted by molar-refractivity contribution is 7.54. The zero-order valence-corrected chi connectivity index (χ0v) is 22.7. The molecule has 0 amide bonds. The van der Waals surface area contributed by atoms with Crippen LogP contribution in [0.25, 0.3) is 11.1 Å². The van der Waals surface area contributed by atoms with E-state index in [4.69, 9.17) is 13.5 Å². The van der Waals surface area contributed by atoms with Crippen LogP contribution in [0, 0.1) is 0 Å². The Morgan fingerprint density at radius 1 is 1.03 bits per heavy atom. The largest absolute Gasteiger partial charge is 0.543 e. The molecular weight excluding hydrogens is 439 g/mol. The number of Topliss-reactive ketones (excluding diaryl/α,β-unsaturated/α-hetero) is 1. The summed E-state index contributed by atoms with van der Waals surface area (Å²) in [5, 5.41) is 0.113. The van der Waals surface area contributed by atoms with Gasteiger partial charge in [-0.25, -0.2) is 0 Å². The number of carbonyl (C=O) groups excluding carboxylic acids is 1. The fraction of sp³-hybridized carbons (Fsp3) is 0.480. The Bertz CT molecular complexity index is 1000. The first-order chi connectivity index (χ1) is 14.7. The van der Waals surface area contributed by atoms with Crippen LogP contribution in [0.4, 0.5) is 0 Å². The van der Waals surface area contributed by atoms with Gasteiger partial charge >= 0.3 is 7.60 Å². The molecule has 32 heavy (non-hydrogen) atoms. The van der Waals surface area contributed by atoms with Gasteiger partial charge in [-0.3, -0.25) is 9.36 Å². The number of rotatable bonds is 9. The molecule has 0 bridgehead atoms. The monoisotopic (exact) mass is 476 g/mol. The summed E-state index contributed by atoms with van der Waals surface area (Å²) in [6.45, 7) is 15.5. The van der Waals surface area contributed by atoms with Gasteiger partial charge in [0.1, 0.15) is 11.9 Å². The smallest absolute Gasteiger partial charge is 0.337 e. The fourth-order valence-electron chi connectivity index (χ4n) is 3.12. The minimum atomic E-state index is -3.42. The van der Waals surface area contributed by atoms with E-state index in [1.807, 2.05) is 24.3 Å². The quantitative estimate of drug-likeness (QED) is 0.213. The third-order valence-corrected chi connectivity index (χ3v) is 12.4. The van der Waals surface area contributed by atoms with Crippen molar-refractivity contribution in [2.24, 2.45) is 0 Å². The van der Waals surface area contributed by atoms with Crippen molar-refractivity contribution in [1.82, 2.24) is 0 Å². The Kier molecular flexibility index (Phi) is 8.33. The van der Waals surface area contributed by atoms with Crippen molar-refractivity contribution in [3.05, 3.63) is 53.6 Å². The first-order valence-corrected chi connectivity index (χ1v) is 15.5. The maximum atomic E-state index is 12.7. The summed E-state index contributed by atoms with van der Waals surface area (Å²) in [7, 11) is -2.79. The molecule has 0 N–H and O–H groups in total. The van der Waals surface area contributed by atoms with Crippen molar-refractivity contribution in [3.63, 3.8) is 0 Å². The zero-order chi connectivity index (χ0) is 24.3. The van der Waals surface area contributed by atoms with Crippen molar-refractivity contribution in [3.8, 4) is 16.9 Å². The van der Waals surface area contributed by atoms with E-state index in [9.17, 15) is 9.36 Å². The Hall–Kier alpha value is -1.72. The van der Waals surface area contributed by atoms with Crippen molar-refractivity contribution in [2.45, 2.75) is 58.7 Å². The average molecular weight is 477 g/mol. The summed E-state index contributed by atoms with van der Waals surface area (Å²) in [5.74, 6) is 0.884. The molecule has 0 saturated heterocycles. The van der Waals surface area contributed by atoms with Crippen LogP contribution in [-0.2, 0) is 13.6 Å². The molecule has 0 aliphatic heterocycles. The summed E-state index contributed by atoms with van der Waals surface area (Å²) in [5.41, 5.74) is 3.63. The van der Waals surface area contributed by atoms with Gasteiger partial charge in [0.15, 0.2) is 5.78 Å². The van der Waals surface area contributed by atoms with Crippen LogP contribution >= 0.6 is 7.60 Å². The second-order valence-corrected chi connectivity index (χ2v) is 16.9. The normalized spacial score (nSPS) is 12.8. The number of carbonyl (C=O) groups is 1. The van der Waals surface area contributed by atoms with Crippen LogP contribution in [0.5, 0.6) is 5.75 Å². The molecule has 5 nitrogen and oxygen atoms in total. The Morgan fingerprint density at radius 2 is 1.66 bits per heavy atom. The molecule has 2 aromatic carbocycles. The minimum absolute atomic E-state index is 0.113. The van der Waals surface area contributed by atoms with Gasteiger partial charge in [0.2, 0.25) is 8.32 Å². The molecule has 2 rings (SSSR count). The first kappa shape index (κ1) is 26.5. The van der Waals surface area contributed by atoms with Gasteiger partial charge in [0.25, 0.3) is 0 Å². The molecule has 0 saturated carbocycles. The standard InChI is InChI=1S/C25H37O5PSi/c1-18(2)23-16-21(30-32(8,9)25(3,4)5)13-14-22(23)19-11-10-12-20(15-19)24(26)17-31(27,28-6)29-7/h10-16,18H,17H2,1-9H3. The van der Waals surface area contributed by atoms with E-state index < -0.39 is 15.9 Å². The lowest BCUT2D eigenvalue weighted by atomic mass is 9.91. The van der Waals surface area contributed by atoms with Crippen LogP contribution in [0.15, 0.2) is 42.5 Å². The zero-order valence-electron chi connectivity index (χ0n) is 20.8. The van der Waals surface area contributed by atoms with Crippen molar-refractivity contribution < 1.29 is 22.8 Å². The van der Waals surface area contributed by atoms with Gasteiger partial charge in [-0.2, -0.15) is 0 Å². The number of ketones is 1. The molecular formula is C25H37O5PSi. The van der Waals surface area contributed by atoms with Crippen LogP contribution in [0.2, 0.25) is 18.1 Å². The topological polar surface area (TPSA) is 61.8 Å². The maximum absolute atomic E-state index is 12.7. The van der Waals surface area contributed by atoms with Gasteiger partial charge in [0.05, 0.1) is 0 Å². The molecule has 0 aliphatic carbocycles. The molecule has 2 aromatic rings. The lowest BCUT2D eigenvalue weighted by molar-refractivity contribution is 0.101. The van der Waals surface area contributed by atoms with Crippen molar-refractivity contribution in [1.29, 1.82) is 0 Å². The predicted octanol–water partition coefficient (Wildman–Crippen LogP) is 7.53. The van der Waals surface area contributed by atoms with Gasteiger partial charge in [-0.1, -0.05) is 58.9 Å². The lowest BCUT2D eigenvalue weighted by Crippen LogP contribution is -2.43. The second-order valence-electron chi connectivity index (χ2n) is 9.90. The molecule has 176 valence electrons.